The van der Waals surface area contributed by atoms with Gasteiger partial charge in [0.25, 0.3) is 5.89 Å². The van der Waals surface area contributed by atoms with Gasteiger partial charge in [-0.15, -0.1) is 0 Å². The molecule has 1 aromatic carbocycles. The number of oxazole rings is 1. The van der Waals surface area contributed by atoms with Crippen LogP contribution in [0.1, 0.15) is 23.5 Å². The highest BCUT2D eigenvalue weighted by Gasteiger charge is 2.51. The van der Waals surface area contributed by atoms with Crippen LogP contribution < -0.4 is 0 Å². The number of nitrogens with zero attached hydrogens (tertiary/aromatic N) is 4. The van der Waals surface area contributed by atoms with Crippen molar-refractivity contribution >= 4 is 22.9 Å². The van der Waals surface area contributed by atoms with Crippen molar-refractivity contribution in [2.24, 2.45) is 5.41 Å². The summed E-state index contributed by atoms with van der Waals surface area (Å²) in [4.78, 5) is 36.4. The monoisotopic (exact) mass is 398 g/mol. The second-order valence-electron chi connectivity index (χ2n) is 8.24. The van der Waals surface area contributed by atoms with Crippen LogP contribution >= 0.6 is 0 Å². The molecular weight excluding hydrogens is 372 g/mol. The molecule has 0 bridgehead atoms. The van der Waals surface area contributed by atoms with E-state index in [1.54, 1.807) is 11.0 Å². The van der Waals surface area contributed by atoms with E-state index in [1.165, 1.54) is 0 Å². The van der Waals surface area contributed by atoms with Gasteiger partial charge >= 0.3 is 5.91 Å². The van der Waals surface area contributed by atoms with Gasteiger partial charge in [-0.05, 0) is 25.0 Å². The Morgan fingerprint density at radius 2 is 1.86 bits per heavy atom. The van der Waals surface area contributed by atoms with Crippen LogP contribution in [0.4, 0.5) is 0 Å². The number of benzene rings is 1. The van der Waals surface area contributed by atoms with Gasteiger partial charge in [0.15, 0.2) is 5.58 Å². The summed E-state index contributed by atoms with van der Waals surface area (Å²) in [7, 11) is 0. The summed E-state index contributed by atoms with van der Waals surface area (Å²) in [5.74, 6) is 0.0779. The number of hydrogen-bond donors (Lipinski definition) is 0. The van der Waals surface area contributed by atoms with E-state index in [0.29, 0.717) is 30.6 Å². The number of carbonyl (C=O) groups is 2. The smallest absolute Gasteiger partial charge is 0.309 e. The van der Waals surface area contributed by atoms with Crippen molar-refractivity contribution < 1.29 is 18.7 Å². The van der Waals surface area contributed by atoms with Crippen LogP contribution in [0.5, 0.6) is 0 Å². The van der Waals surface area contributed by atoms with Gasteiger partial charge in [0.05, 0.1) is 18.6 Å². The van der Waals surface area contributed by atoms with Crippen molar-refractivity contribution in [3.05, 3.63) is 30.2 Å². The van der Waals surface area contributed by atoms with Gasteiger partial charge in [-0.2, -0.15) is 0 Å². The van der Waals surface area contributed by atoms with Gasteiger partial charge in [-0.25, -0.2) is 4.98 Å². The molecule has 0 aliphatic carbocycles. The van der Waals surface area contributed by atoms with Crippen molar-refractivity contribution in [1.29, 1.82) is 0 Å². The van der Waals surface area contributed by atoms with Crippen LogP contribution in [-0.4, -0.2) is 90.5 Å². The fourth-order valence-electron chi connectivity index (χ4n) is 4.72. The average Bonchev–Trinajstić information content (AvgIpc) is 3.46. The van der Waals surface area contributed by atoms with Crippen molar-refractivity contribution in [2.75, 3.05) is 59.0 Å². The second kappa shape index (κ2) is 7.42. The van der Waals surface area contributed by atoms with E-state index < -0.39 is 5.41 Å². The number of fused-ring (bicyclic) bond motifs is 1. The van der Waals surface area contributed by atoms with E-state index in [2.05, 4.69) is 9.88 Å². The summed E-state index contributed by atoms with van der Waals surface area (Å²) < 4.78 is 11.0. The van der Waals surface area contributed by atoms with Crippen molar-refractivity contribution in [1.82, 2.24) is 19.7 Å². The first-order chi connectivity index (χ1) is 14.1. The maximum Gasteiger partial charge on any atom is 0.309 e. The normalized spacial score (nSPS) is 25.6. The lowest BCUT2D eigenvalue weighted by molar-refractivity contribution is -0.135. The number of hydrogen-bond acceptors (Lipinski definition) is 6. The summed E-state index contributed by atoms with van der Waals surface area (Å²) in [6.07, 6.45) is 1.53. The number of morpholine rings is 1. The average molecular weight is 398 g/mol. The van der Waals surface area contributed by atoms with E-state index in [9.17, 15) is 9.59 Å². The molecule has 0 N–H and O–H groups in total. The first kappa shape index (κ1) is 18.6. The minimum atomic E-state index is -0.438. The third-order valence-electron chi connectivity index (χ3n) is 6.51. The number of likely N-dealkylation sites (tertiary alicyclic amines) is 2. The summed E-state index contributed by atoms with van der Waals surface area (Å²) >= 11 is 0. The molecule has 2 amide bonds. The van der Waals surface area contributed by atoms with Gasteiger partial charge in [0.2, 0.25) is 5.91 Å². The summed E-state index contributed by atoms with van der Waals surface area (Å²) in [6.45, 7) is 6.83. The minimum absolute atomic E-state index is 0.109. The predicted octanol–water partition coefficient (Wildman–Crippen LogP) is 1.22. The number of ether oxygens (including phenoxy) is 1. The molecule has 1 atom stereocenters. The first-order valence-electron chi connectivity index (χ1n) is 10.4. The first-order valence-corrected chi connectivity index (χ1v) is 10.4. The maximum atomic E-state index is 13.2. The van der Waals surface area contributed by atoms with E-state index in [4.69, 9.17) is 9.15 Å². The molecule has 1 aromatic heterocycles. The maximum absolute atomic E-state index is 13.2. The van der Waals surface area contributed by atoms with E-state index >= 15 is 0 Å². The second-order valence-corrected chi connectivity index (χ2v) is 8.24. The predicted molar refractivity (Wildman–Crippen MR) is 105 cm³/mol. The lowest BCUT2D eigenvalue weighted by atomic mass is 9.85. The van der Waals surface area contributed by atoms with Crippen LogP contribution in [0.3, 0.4) is 0 Å². The molecule has 3 aliphatic heterocycles. The highest BCUT2D eigenvalue weighted by atomic mass is 16.5. The van der Waals surface area contributed by atoms with E-state index in [1.807, 2.05) is 23.1 Å². The van der Waals surface area contributed by atoms with Crippen LogP contribution in [-0.2, 0) is 9.53 Å². The number of para-hydroxylation sites is 2. The van der Waals surface area contributed by atoms with Crippen LogP contribution in [0.25, 0.3) is 11.1 Å². The zero-order valence-electron chi connectivity index (χ0n) is 16.5. The molecule has 0 saturated carbocycles. The number of aromatic nitrogens is 1. The lowest BCUT2D eigenvalue weighted by Crippen LogP contribution is -2.43. The molecule has 154 valence electrons. The topological polar surface area (TPSA) is 79.1 Å². The Labute approximate surface area is 169 Å². The molecule has 1 unspecified atom stereocenters. The van der Waals surface area contributed by atoms with Gasteiger partial charge in [0, 0.05) is 45.8 Å². The fraction of sp³-hybridized carbons (Fsp3) is 0.571. The quantitative estimate of drug-likeness (QED) is 0.771. The Morgan fingerprint density at radius 3 is 2.69 bits per heavy atom. The van der Waals surface area contributed by atoms with Crippen molar-refractivity contribution in [2.45, 2.75) is 12.8 Å². The number of carbonyl (C=O) groups excluding carboxylic acids is 2. The zero-order valence-corrected chi connectivity index (χ0v) is 16.5. The largest absolute Gasteiger partial charge is 0.432 e. The molecule has 29 heavy (non-hydrogen) atoms. The Morgan fingerprint density at radius 1 is 1.07 bits per heavy atom. The third kappa shape index (κ3) is 3.40. The number of amides is 2. The van der Waals surface area contributed by atoms with Gasteiger partial charge in [0.1, 0.15) is 5.52 Å². The van der Waals surface area contributed by atoms with Crippen molar-refractivity contribution in [3.63, 3.8) is 0 Å². The van der Waals surface area contributed by atoms with Crippen molar-refractivity contribution in [3.8, 4) is 0 Å². The molecule has 3 aliphatic rings. The van der Waals surface area contributed by atoms with Gasteiger partial charge in [-0.3, -0.25) is 14.5 Å². The minimum Gasteiger partial charge on any atom is -0.432 e. The molecule has 8 heteroatoms. The lowest BCUT2D eigenvalue weighted by Gasteiger charge is -2.29. The molecule has 1 spiro atoms. The van der Waals surface area contributed by atoms with Crippen LogP contribution in [0.15, 0.2) is 28.7 Å². The molecular formula is C21H26N4O4. The van der Waals surface area contributed by atoms with Crippen LogP contribution in [0, 0.1) is 5.41 Å². The molecule has 3 fully saturated rings. The SMILES string of the molecule is O=C(c1nc2ccccc2o1)N1CCC2(CCN(CCN3CCOCC3)C2=O)C1. The van der Waals surface area contributed by atoms with Gasteiger partial charge < -0.3 is 19.0 Å². The fourth-order valence-corrected chi connectivity index (χ4v) is 4.72. The standard InChI is InChI=1S/C21H26N4O4/c26-19(18-22-16-3-1-2-4-17(16)29-18)25-8-6-21(15-25)5-7-24(20(21)27)10-9-23-11-13-28-14-12-23/h1-4H,5-15H2. The van der Waals surface area contributed by atoms with Gasteiger partial charge in [-0.1, -0.05) is 12.1 Å². The zero-order chi connectivity index (χ0) is 19.8. The Kier molecular flexibility index (Phi) is 4.75. The van der Waals surface area contributed by atoms with Crippen LogP contribution in [0.2, 0.25) is 0 Å². The highest BCUT2D eigenvalue weighted by molar-refractivity contribution is 5.94. The third-order valence-corrected chi connectivity index (χ3v) is 6.51. The van der Waals surface area contributed by atoms with E-state index in [0.717, 1.165) is 52.4 Å². The summed E-state index contributed by atoms with van der Waals surface area (Å²) in [5, 5.41) is 0. The molecule has 8 nitrogen and oxygen atoms in total. The Bertz CT molecular complexity index is 889. The summed E-state index contributed by atoms with van der Waals surface area (Å²) in [6, 6.07) is 7.35. The molecule has 3 saturated heterocycles. The van der Waals surface area contributed by atoms with E-state index in [-0.39, 0.29) is 17.7 Å². The molecule has 4 heterocycles. The Balaban J connectivity index is 1.22. The highest BCUT2D eigenvalue weighted by Crippen LogP contribution is 2.41. The Hall–Kier alpha value is -2.45. The number of rotatable bonds is 4. The molecule has 5 rings (SSSR count). The molecule has 0 radical (unpaired) electrons. The summed E-state index contributed by atoms with van der Waals surface area (Å²) in [5.41, 5.74) is 0.846. The molecule has 2 aromatic rings.